The lowest BCUT2D eigenvalue weighted by Gasteiger charge is -1.99. The molecule has 0 saturated carbocycles. The Kier molecular flexibility index (Phi) is 5.36. The summed E-state index contributed by atoms with van der Waals surface area (Å²) in [7, 11) is 1.53. The summed E-state index contributed by atoms with van der Waals surface area (Å²) >= 11 is 0. The van der Waals surface area contributed by atoms with E-state index in [0.717, 1.165) is 5.56 Å². The van der Waals surface area contributed by atoms with E-state index in [-0.39, 0.29) is 6.15 Å². The van der Waals surface area contributed by atoms with Crippen molar-refractivity contribution in [3.8, 4) is 11.9 Å². The molecule has 5 heteroatoms. The number of aromatic nitrogens is 1. The van der Waals surface area contributed by atoms with Crippen LogP contribution in [0.3, 0.4) is 0 Å². The maximum absolute atomic E-state index is 8.61. The average molecular weight is 192 g/mol. The Morgan fingerprint density at radius 2 is 2.07 bits per heavy atom. The lowest BCUT2D eigenvalue weighted by Crippen LogP contribution is -1.90. The number of nitrogens with zero attached hydrogens (tertiary/aromatic N) is 2. The van der Waals surface area contributed by atoms with Gasteiger partial charge in [-0.2, -0.15) is 14.9 Å². The number of hydrogen-bond donors (Lipinski definition) is 0. The number of aryl methyl sites for hydroxylation is 1. The minimum atomic E-state index is 0.250. The topological polar surface area (TPSA) is 80.0 Å². The number of hydrogen-bond acceptors (Lipinski definition) is 5. The molecule has 0 aliphatic carbocycles. The van der Waals surface area contributed by atoms with E-state index in [4.69, 9.17) is 19.6 Å². The molecule has 0 saturated heterocycles. The van der Waals surface area contributed by atoms with Crippen molar-refractivity contribution >= 4 is 6.15 Å². The summed E-state index contributed by atoms with van der Waals surface area (Å²) in [6.07, 6.45) is 1.87. The minimum absolute atomic E-state index is 0.250. The van der Waals surface area contributed by atoms with Gasteiger partial charge in [0.05, 0.1) is 18.7 Å². The maximum atomic E-state index is 8.61. The second kappa shape index (κ2) is 6.35. The first-order valence-electron chi connectivity index (χ1n) is 3.59. The van der Waals surface area contributed by atoms with Crippen molar-refractivity contribution in [1.29, 1.82) is 5.26 Å². The van der Waals surface area contributed by atoms with E-state index in [2.05, 4.69) is 4.98 Å². The van der Waals surface area contributed by atoms with E-state index < -0.39 is 0 Å². The zero-order valence-electron chi connectivity index (χ0n) is 7.77. The quantitative estimate of drug-likeness (QED) is 0.653. The van der Waals surface area contributed by atoms with Crippen LogP contribution in [-0.4, -0.2) is 18.2 Å². The Morgan fingerprint density at radius 1 is 1.50 bits per heavy atom. The first-order valence-corrected chi connectivity index (χ1v) is 3.59. The Bertz CT molecular complexity index is 376. The van der Waals surface area contributed by atoms with Crippen molar-refractivity contribution in [2.75, 3.05) is 7.11 Å². The van der Waals surface area contributed by atoms with Crippen LogP contribution in [-0.2, 0) is 9.59 Å². The normalized spacial score (nSPS) is 7.50. The predicted octanol–water partition coefficient (Wildman–Crippen LogP) is 0.687. The second-order valence-electron chi connectivity index (χ2n) is 2.24. The summed E-state index contributed by atoms with van der Waals surface area (Å²) in [5.74, 6) is 0.479. The molecule has 0 amide bonds. The van der Waals surface area contributed by atoms with Gasteiger partial charge in [-0.1, -0.05) is 0 Å². The van der Waals surface area contributed by atoms with E-state index in [0.29, 0.717) is 11.4 Å². The predicted molar refractivity (Wildman–Crippen MR) is 45.2 cm³/mol. The molecule has 72 valence electrons. The van der Waals surface area contributed by atoms with E-state index in [1.54, 1.807) is 12.3 Å². The Balaban J connectivity index is 0.000000500. The molecule has 0 unspecified atom stereocenters. The molecular formula is C9H8N2O3. The molecule has 0 radical (unpaired) electrons. The van der Waals surface area contributed by atoms with Crippen molar-refractivity contribution in [1.82, 2.24) is 4.98 Å². The summed E-state index contributed by atoms with van der Waals surface area (Å²) in [6, 6.07) is 3.67. The summed E-state index contributed by atoms with van der Waals surface area (Å²) in [6.45, 7) is 1.84. The minimum Gasteiger partial charge on any atom is -0.481 e. The van der Waals surface area contributed by atoms with Gasteiger partial charge < -0.3 is 4.74 Å². The smallest absolute Gasteiger partial charge is 0.373 e. The third kappa shape index (κ3) is 3.48. The zero-order chi connectivity index (χ0) is 11.0. The molecule has 0 bridgehead atoms. The monoisotopic (exact) mass is 192 g/mol. The fourth-order valence-electron chi connectivity index (χ4n) is 0.737. The van der Waals surface area contributed by atoms with Crippen LogP contribution in [0.25, 0.3) is 0 Å². The molecule has 0 atom stereocenters. The standard InChI is InChI=1S/C8H8N2O.CO2/c1-6-5-10-8(11-2)3-7(6)4-9;2-1-3/h3,5H,1-2H3;. The number of carbonyl (C=O) groups excluding carboxylic acids is 2. The maximum Gasteiger partial charge on any atom is 0.373 e. The van der Waals surface area contributed by atoms with Gasteiger partial charge in [-0.25, -0.2) is 4.98 Å². The van der Waals surface area contributed by atoms with Gasteiger partial charge in [-0.15, -0.1) is 0 Å². The van der Waals surface area contributed by atoms with Gasteiger partial charge in [-0.05, 0) is 12.5 Å². The van der Waals surface area contributed by atoms with Crippen LogP contribution in [0.1, 0.15) is 11.1 Å². The molecule has 14 heavy (non-hydrogen) atoms. The molecule has 0 aromatic carbocycles. The first kappa shape index (κ1) is 11.8. The molecule has 0 aliphatic rings. The van der Waals surface area contributed by atoms with Crippen LogP contribution in [0.15, 0.2) is 12.3 Å². The Hall–Kier alpha value is -2.18. The molecular weight excluding hydrogens is 184 g/mol. The van der Waals surface area contributed by atoms with Crippen molar-refractivity contribution in [3.05, 3.63) is 23.4 Å². The lowest BCUT2D eigenvalue weighted by atomic mass is 10.2. The van der Waals surface area contributed by atoms with E-state index >= 15 is 0 Å². The van der Waals surface area contributed by atoms with Crippen LogP contribution >= 0.6 is 0 Å². The van der Waals surface area contributed by atoms with Gasteiger partial charge in [-0.3, -0.25) is 0 Å². The summed E-state index contributed by atoms with van der Waals surface area (Å²) < 4.78 is 4.85. The SMILES string of the molecule is COc1cc(C#N)c(C)cn1.O=C=O. The lowest BCUT2D eigenvalue weighted by molar-refractivity contribution is -0.191. The molecule has 1 aromatic rings. The van der Waals surface area contributed by atoms with Crippen molar-refractivity contribution in [2.24, 2.45) is 0 Å². The highest BCUT2D eigenvalue weighted by atomic mass is 16.5. The molecule has 5 nitrogen and oxygen atoms in total. The van der Waals surface area contributed by atoms with Crippen LogP contribution in [0.2, 0.25) is 0 Å². The largest absolute Gasteiger partial charge is 0.481 e. The molecule has 0 spiro atoms. The van der Waals surface area contributed by atoms with Crippen molar-refractivity contribution in [3.63, 3.8) is 0 Å². The molecule has 1 heterocycles. The molecule has 1 rings (SSSR count). The van der Waals surface area contributed by atoms with Crippen LogP contribution < -0.4 is 4.74 Å². The number of nitriles is 1. The number of pyridine rings is 1. The molecule has 0 aliphatic heterocycles. The third-order valence-corrected chi connectivity index (χ3v) is 1.41. The Labute approximate surface area is 80.9 Å². The number of methoxy groups -OCH3 is 1. The van der Waals surface area contributed by atoms with Gasteiger partial charge in [0.25, 0.3) is 0 Å². The van der Waals surface area contributed by atoms with Gasteiger partial charge in [0, 0.05) is 12.3 Å². The van der Waals surface area contributed by atoms with Crippen molar-refractivity contribution < 1.29 is 14.3 Å². The van der Waals surface area contributed by atoms with Crippen molar-refractivity contribution in [2.45, 2.75) is 6.92 Å². The highest BCUT2D eigenvalue weighted by Crippen LogP contribution is 2.11. The molecule has 1 aromatic heterocycles. The first-order chi connectivity index (χ1) is 6.69. The van der Waals surface area contributed by atoms with Crippen LogP contribution in [0, 0.1) is 18.3 Å². The Morgan fingerprint density at radius 3 is 2.50 bits per heavy atom. The highest BCUT2D eigenvalue weighted by Gasteiger charge is 1.99. The van der Waals surface area contributed by atoms with Crippen LogP contribution in [0.5, 0.6) is 5.88 Å². The van der Waals surface area contributed by atoms with E-state index in [1.165, 1.54) is 7.11 Å². The third-order valence-electron chi connectivity index (χ3n) is 1.41. The fraction of sp³-hybridized carbons (Fsp3) is 0.222. The highest BCUT2D eigenvalue weighted by molar-refractivity contribution is 5.37. The second-order valence-corrected chi connectivity index (χ2v) is 2.24. The fourth-order valence-corrected chi connectivity index (χ4v) is 0.737. The summed E-state index contributed by atoms with van der Waals surface area (Å²) in [5, 5.41) is 8.61. The molecule has 0 N–H and O–H groups in total. The van der Waals surface area contributed by atoms with E-state index in [1.807, 2.05) is 13.0 Å². The average Bonchev–Trinajstić information content (AvgIpc) is 2.20. The van der Waals surface area contributed by atoms with Gasteiger partial charge >= 0.3 is 6.15 Å². The van der Waals surface area contributed by atoms with Crippen LogP contribution in [0.4, 0.5) is 0 Å². The number of rotatable bonds is 1. The van der Waals surface area contributed by atoms with E-state index in [9.17, 15) is 0 Å². The van der Waals surface area contributed by atoms with Gasteiger partial charge in [0.15, 0.2) is 0 Å². The molecule has 0 fully saturated rings. The zero-order valence-corrected chi connectivity index (χ0v) is 7.77. The number of ether oxygens (including phenoxy) is 1. The van der Waals surface area contributed by atoms with Gasteiger partial charge in [0.1, 0.15) is 0 Å². The van der Waals surface area contributed by atoms with Gasteiger partial charge in [0.2, 0.25) is 5.88 Å². The summed E-state index contributed by atoms with van der Waals surface area (Å²) in [5.41, 5.74) is 1.48. The summed E-state index contributed by atoms with van der Waals surface area (Å²) in [4.78, 5) is 20.2.